The third-order valence-corrected chi connectivity index (χ3v) is 6.20. The van der Waals surface area contributed by atoms with Gasteiger partial charge in [0.25, 0.3) is 0 Å². The summed E-state index contributed by atoms with van der Waals surface area (Å²) < 4.78 is 1.11. The monoisotopic (exact) mass is 361 g/mol. The van der Waals surface area contributed by atoms with Gasteiger partial charge < -0.3 is 9.80 Å². The van der Waals surface area contributed by atoms with Crippen LogP contribution in [0.4, 0.5) is 5.69 Å². The van der Waals surface area contributed by atoms with Gasteiger partial charge in [0.2, 0.25) is 0 Å². The Bertz CT molecular complexity index is 797. The van der Waals surface area contributed by atoms with Crippen LogP contribution in [0.25, 0.3) is 0 Å². The maximum atomic E-state index is 3.99. The number of nitrogens with one attached hydrogen (secondary N) is 1. The average molecular weight is 362 g/mol. The Hall–Kier alpha value is -2.28. The number of likely N-dealkylation sites (tertiary alicyclic amines) is 1. The van der Waals surface area contributed by atoms with E-state index in [1.54, 1.807) is 0 Å². The zero-order chi connectivity index (χ0) is 19.3. The highest BCUT2D eigenvalue weighted by molar-refractivity contribution is 5.59. The molecule has 1 aliphatic heterocycles. The number of rotatable bonds is 6. The Morgan fingerprint density at radius 1 is 1.11 bits per heavy atom. The van der Waals surface area contributed by atoms with Crippen LogP contribution >= 0.6 is 0 Å². The predicted octanol–water partition coefficient (Wildman–Crippen LogP) is 5.80. The molecule has 2 nitrogen and oxygen atoms in total. The minimum absolute atomic E-state index is 0.645. The van der Waals surface area contributed by atoms with Crippen LogP contribution in [0.1, 0.15) is 42.4 Å². The summed E-state index contributed by atoms with van der Waals surface area (Å²) in [6.07, 6.45) is 2.57. The normalized spacial score (nSPS) is 22.1. The number of quaternary nitrogens is 1. The van der Waals surface area contributed by atoms with Crippen molar-refractivity contribution in [1.82, 2.24) is 0 Å². The predicted molar refractivity (Wildman–Crippen MR) is 116 cm³/mol. The van der Waals surface area contributed by atoms with Crippen molar-refractivity contribution < 1.29 is 4.48 Å². The molecule has 0 aliphatic carbocycles. The summed E-state index contributed by atoms with van der Waals surface area (Å²) >= 11 is 0. The van der Waals surface area contributed by atoms with E-state index in [2.05, 4.69) is 86.9 Å². The Kier molecular flexibility index (Phi) is 6.21. The molecule has 0 spiro atoms. The Morgan fingerprint density at radius 3 is 2.44 bits per heavy atom. The number of para-hydroxylation sites is 1. The molecule has 0 amide bonds. The van der Waals surface area contributed by atoms with E-state index >= 15 is 0 Å². The van der Waals surface area contributed by atoms with Gasteiger partial charge in [0.15, 0.2) is 0 Å². The van der Waals surface area contributed by atoms with Crippen molar-refractivity contribution in [1.29, 1.82) is 0 Å². The van der Waals surface area contributed by atoms with Crippen molar-refractivity contribution >= 4 is 5.69 Å². The van der Waals surface area contributed by atoms with E-state index in [-0.39, 0.29) is 0 Å². The molecule has 1 fully saturated rings. The molecule has 3 rings (SSSR count). The number of aryl methyl sites for hydroxylation is 2. The van der Waals surface area contributed by atoms with E-state index in [0.717, 1.165) is 23.3 Å². The molecule has 0 radical (unpaired) electrons. The van der Waals surface area contributed by atoms with Crippen LogP contribution < -0.4 is 5.32 Å². The van der Waals surface area contributed by atoms with Gasteiger partial charge in [-0.05, 0) is 50.3 Å². The second-order valence-electron chi connectivity index (χ2n) is 8.02. The first kappa shape index (κ1) is 19.5. The van der Waals surface area contributed by atoms with Gasteiger partial charge in [-0.3, -0.25) is 0 Å². The first-order valence-corrected chi connectivity index (χ1v) is 10.2. The van der Waals surface area contributed by atoms with E-state index in [9.17, 15) is 0 Å². The van der Waals surface area contributed by atoms with Crippen molar-refractivity contribution in [2.24, 2.45) is 0 Å². The molecule has 1 aliphatic rings. The maximum absolute atomic E-state index is 3.99. The highest BCUT2D eigenvalue weighted by Gasteiger charge is 2.35. The molecular weight excluding hydrogens is 328 g/mol. The van der Waals surface area contributed by atoms with Gasteiger partial charge in [0.05, 0.1) is 19.6 Å². The molecule has 0 saturated carbocycles. The lowest BCUT2D eigenvalue weighted by Crippen LogP contribution is -2.54. The van der Waals surface area contributed by atoms with Crippen LogP contribution in [0.3, 0.4) is 0 Å². The second kappa shape index (κ2) is 8.61. The molecule has 27 heavy (non-hydrogen) atoms. The molecule has 2 heteroatoms. The summed E-state index contributed by atoms with van der Waals surface area (Å²) in [6.45, 7) is 15.2. The van der Waals surface area contributed by atoms with Gasteiger partial charge >= 0.3 is 0 Å². The molecule has 2 unspecified atom stereocenters. The van der Waals surface area contributed by atoms with Gasteiger partial charge in [0.1, 0.15) is 12.2 Å². The highest BCUT2D eigenvalue weighted by Crippen LogP contribution is 2.32. The van der Waals surface area contributed by atoms with Gasteiger partial charge in [-0.25, -0.2) is 0 Å². The fourth-order valence-electron chi connectivity index (χ4n) is 4.50. The summed E-state index contributed by atoms with van der Waals surface area (Å²) in [5, 5.41) is 3.65. The molecular formula is C25H33N2+. The zero-order valence-electron chi connectivity index (χ0n) is 17.1. The molecule has 0 bridgehead atoms. The molecule has 1 heterocycles. The van der Waals surface area contributed by atoms with Crippen molar-refractivity contribution in [3.63, 3.8) is 0 Å². The Labute approximate surface area is 164 Å². The second-order valence-corrected chi connectivity index (χ2v) is 8.02. The lowest BCUT2D eigenvalue weighted by atomic mass is 9.89. The maximum Gasteiger partial charge on any atom is 0.127 e. The smallest absolute Gasteiger partial charge is 0.127 e. The van der Waals surface area contributed by atoms with Crippen LogP contribution in [0.15, 0.2) is 66.5 Å². The zero-order valence-corrected chi connectivity index (χ0v) is 17.1. The van der Waals surface area contributed by atoms with E-state index in [1.807, 2.05) is 0 Å². The number of nitrogens with zero attached hydrogens (tertiary/aromatic N) is 1. The SMILES string of the molecule is C=C=C(C[N+]1(CC)CCCC(c2ccccc2)C1)Nc1c(C)cccc1C. The molecule has 2 aromatic rings. The largest absolute Gasteiger partial charge is 0.347 e. The van der Waals surface area contributed by atoms with Crippen molar-refractivity contribution in [3.05, 3.63) is 83.2 Å². The third kappa shape index (κ3) is 4.53. The first-order chi connectivity index (χ1) is 13.1. The number of likely N-dealkylation sites (N-methyl/N-ethyl adjacent to an activating group) is 1. The number of hydrogen-bond donors (Lipinski definition) is 1. The van der Waals surface area contributed by atoms with Crippen molar-refractivity contribution in [2.75, 3.05) is 31.5 Å². The average Bonchev–Trinajstić information content (AvgIpc) is 2.71. The topological polar surface area (TPSA) is 12.0 Å². The van der Waals surface area contributed by atoms with E-state index in [4.69, 9.17) is 0 Å². The first-order valence-electron chi connectivity index (χ1n) is 10.2. The van der Waals surface area contributed by atoms with Crippen LogP contribution in [0.2, 0.25) is 0 Å². The lowest BCUT2D eigenvalue weighted by molar-refractivity contribution is -0.927. The molecule has 2 aromatic carbocycles. The van der Waals surface area contributed by atoms with Crippen molar-refractivity contribution in [2.45, 2.75) is 39.5 Å². The summed E-state index contributed by atoms with van der Waals surface area (Å²) in [5.74, 6) is 0.645. The van der Waals surface area contributed by atoms with Gasteiger partial charge in [-0.2, -0.15) is 0 Å². The summed E-state index contributed by atoms with van der Waals surface area (Å²) in [5.41, 5.74) is 9.55. The van der Waals surface area contributed by atoms with Crippen molar-refractivity contribution in [3.8, 4) is 0 Å². The van der Waals surface area contributed by atoms with Crippen LogP contribution in [0, 0.1) is 13.8 Å². The van der Waals surface area contributed by atoms with E-state index in [1.165, 1.54) is 48.3 Å². The van der Waals surface area contributed by atoms with E-state index < -0.39 is 0 Å². The molecule has 1 N–H and O–H groups in total. The lowest BCUT2D eigenvalue weighted by Gasteiger charge is -2.44. The number of hydrogen-bond acceptors (Lipinski definition) is 1. The Morgan fingerprint density at radius 2 is 1.81 bits per heavy atom. The molecule has 0 aromatic heterocycles. The Balaban J connectivity index is 1.79. The third-order valence-electron chi connectivity index (χ3n) is 6.20. The number of piperidine rings is 1. The summed E-state index contributed by atoms with van der Waals surface area (Å²) in [7, 11) is 0. The summed E-state index contributed by atoms with van der Waals surface area (Å²) in [6, 6.07) is 17.5. The summed E-state index contributed by atoms with van der Waals surface area (Å²) in [4.78, 5) is 0. The van der Waals surface area contributed by atoms with Crippen LogP contribution in [-0.4, -0.2) is 30.7 Å². The fraction of sp³-hybridized carbons (Fsp3) is 0.400. The van der Waals surface area contributed by atoms with Crippen LogP contribution in [0.5, 0.6) is 0 Å². The standard InChI is InChI=1S/C25H33N2/c1-5-24(26-25-20(3)12-10-13-21(25)4)19-27(6-2)17-11-16-23(18-27)22-14-8-7-9-15-22/h7-10,12-15,23,26H,1,6,11,16-19H2,2-4H3/q+1. The van der Waals surface area contributed by atoms with Crippen LogP contribution in [-0.2, 0) is 0 Å². The fourth-order valence-corrected chi connectivity index (χ4v) is 4.50. The highest BCUT2D eigenvalue weighted by atomic mass is 15.4. The van der Waals surface area contributed by atoms with Gasteiger partial charge in [-0.15, -0.1) is 5.73 Å². The van der Waals surface area contributed by atoms with E-state index in [0.29, 0.717) is 5.92 Å². The number of anilines is 1. The minimum Gasteiger partial charge on any atom is -0.347 e. The number of benzene rings is 2. The molecule has 2 atom stereocenters. The molecule has 1 saturated heterocycles. The quantitative estimate of drug-likeness (QED) is 0.506. The molecule has 142 valence electrons. The van der Waals surface area contributed by atoms with Gasteiger partial charge in [-0.1, -0.05) is 55.1 Å². The minimum atomic E-state index is 0.645. The van der Waals surface area contributed by atoms with Gasteiger partial charge in [0, 0.05) is 11.6 Å².